The number of hydrogen-bond donors (Lipinski definition) is 1. The van der Waals surface area contributed by atoms with Crippen molar-refractivity contribution in [3.63, 3.8) is 0 Å². The molecule has 0 unspecified atom stereocenters. The fraction of sp³-hybridized carbons (Fsp3) is 0.333. The molecule has 0 saturated heterocycles. The number of aliphatic carboxylic acids is 1. The van der Waals surface area contributed by atoms with Gasteiger partial charge in [0.1, 0.15) is 5.01 Å². The number of aryl methyl sites for hydroxylation is 3. The summed E-state index contributed by atoms with van der Waals surface area (Å²) < 4.78 is 1.98. The molecule has 2 rings (SSSR count). The van der Waals surface area contributed by atoms with Gasteiger partial charge in [0.15, 0.2) is 0 Å². The molecule has 0 radical (unpaired) electrons. The van der Waals surface area contributed by atoms with Crippen molar-refractivity contribution in [1.29, 1.82) is 0 Å². The van der Waals surface area contributed by atoms with Gasteiger partial charge < -0.3 is 9.67 Å². The third-order valence-corrected chi connectivity index (χ3v) is 3.80. The van der Waals surface area contributed by atoms with Crippen molar-refractivity contribution >= 4 is 17.3 Å². The van der Waals surface area contributed by atoms with E-state index in [9.17, 15) is 4.79 Å². The Kier molecular flexibility index (Phi) is 3.28. The molecular formula is C12H14N2O2S. The van der Waals surface area contributed by atoms with Gasteiger partial charge in [0.05, 0.1) is 12.1 Å². The van der Waals surface area contributed by atoms with Crippen LogP contribution < -0.4 is 0 Å². The fourth-order valence-electron chi connectivity index (χ4n) is 1.63. The Hall–Kier alpha value is -1.62. The fourth-order valence-corrected chi connectivity index (χ4v) is 2.69. The van der Waals surface area contributed by atoms with Crippen LogP contribution in [0.15, 0.2) is 18.5 Å². The van der Waals surface area contributed by atoms with Gasteiger partial charge >= 0.3 is 5.97 Å². The van der Waals surface area contributed by atoms with Crippen molar-refractivity contribution in [3.8, 4) is 10.6 Å². The largest absolute Gasteiger partial charge is 0.481 e. The maximum atomic E-state index is 10.5. The van der Waals surface area contributed by atoms with E-state index in [2.05, 4.69) is 4.98 Å². The van der Waals surface area contributed by atoms with Crippen LogP contribution in [0.2, 0.25) is 0 Å². The van der Waals surface area contributed by atoms with Crippen LogP contribution in [0.5, 0.6) is 0 Å². The summed E-state index contributed by atoms with van der Waals surface area (Å²) in [7, 11) is 1.97. The van der Waals surface area contributed by atoms with Gasteiger partial charge in [0.2, 0.25) is 0 Å². The van der Waals surface area contributed by atoms with Crippen molar-refractivity contribution in [3.05, 3.63) is 29.0 Å². The van der Waals surface area contributed by atoms with Crippen LogP contribution in [0.25, 0.3) is 10.6 Å². The Morgan fingerprint density at radius 2 is 2.35 bits per heavy atom. The Morgan fingerprint density at radius 1 is 1.59 bits per heavy atom. The van der Waals surface area contributed by atoms with Crippen molar-refractivity contribution in [2.45, 2.75) is 19.8 Å². The monoisotopic (exact) mass is 250 g/mol. The molecule has 0 aromatic carbocycles. The predicted molar refractivity (Wildman–Crippen MR) is 67.2 cm³/mol. The van der Waals surface area contributed by atoms with E-state index in [-0.39, 0.29) is 6.42 Å². The molecule has 5 heteroatoms. The molecule has 90 valence electrons. The maximum Gasteiger partial charge on any atom is 0.303 e. The number of hydrogen-bond acceptors (Lipinski definition) is 3. The van der Waals surface area contributed by atoms with Gasteiger partial charge in [-0.2, -0.15) is 0 Å². The van der Waals surface area contributed by atoms with Gasteiger partial charge in [-0.3, -0.25) is 4.79 Å². The molecule has 0 atom stereocenters. The molecule has 1 N–H and O–H groups in total. The predicted octanol–water partition coefficient (Wildman–Crippen LogP) is 2.47. The highest BCUT2D eigenvalue weighted by molar-refractivity contribution is 7.15. The average Bonchev–Trinajstić information content (AvgIpc) is 2.82. The molecule has 0 fully saturated rings. The number of nitrogens with zero attached hydrogens (tertiary/aromatic N) is 2. The number of thiazole rings is 1. The Morgan fingerprint density at radius 3 is 2.94 bits per heavy atom. The maximum absolute atomic E-state index is 10.5. The summed E-state index contributed by atoms with van der Waals surface area (Å²) in [6, 6.07) is 2.01. The first-order valence-corrected chi connectivity index (χ1v) is 6.18. The lowest BCUT2D eigenvalue weighted by Crippen LogP contribution is -1.96. The lowest BCUT2D eigenvalue weighted by Gasteiger charge is -1.93. The summed E-state index contributed by atoms with van der Waals surface area (Å²) in [5.41, 5.74) is 2.03. The first-order chi connectivity index (χ1) is 8.06. The number of carboxylic acids is 1. The van der Waals surface area contributed by atoms with Gasteiger partial charge in [-0.1, -0.05) is 0 Å². The van der Waals surface area contributed by atoms with E-state index in [1.54, 1.807) is 11.3 Å². The highest BCUT2D eigenvalue weighted by Gasteiger charge is 2.11. The molecule has 17 heavy (non-hydrogen) atoms. The van der Waals surface area contributed by atoms with E-state index in [1.165, 1.54) is 0 Å². The standard InChI is InChI=1S/C12H14N2O2S/c1-8-10(3-4-11(15)16)17-12(13-8)9-5-6-14(2)7-9/h5-7H,3-4H2,1-2H3,(H,15,16). The van der Waals surface area contributed by atoms with Crippen LogP contribution in [0, 0.1) is 6.92 Å². The van der Waals surface area contributed by atoms with Crippen molar-refractivity contribution < 1.29 is 9.90 Å². The lowest BCUT2D eigenvalue weighted by atomic mass is 10.2. The number of rotatable bonds is 4. The van der Waals surface area contributed by atoms with Crippen molar-refractivity contribution in [1.82, 2.24) is 9.55 Å². The molecule has 0 aliphatic rings. The van der Waals surface area contributed by atoms with Crippen LogP contribution in [0.1, 0.15) is 17.0 Å². The molecule has 4 nitrogen and oxygen atoms in total. The van der Waals surface area contributed by atoms with Crippen LogP contribution in [0.3, 0.4) is 0 Å². The minimum absolute atomic E-state index is 0.164. The molecule has 0 aliphatic carbocycles. The molecule has 0 bridgehead atoms. The molecule has 2 aromatic rings. The average molecular weight is 250 g/mol. The first-order valence-electron chi connectivity index (χ1n) is 5.36. The third kappa shape index (κ3) is 2.74. The number of aromatic nitrogens is 2. The smallest absolute Gasteiger partial charge is 0.303 e. The zero-order valence-corrected chi connectivity index (χ0v) is 10.6. The lowest BCUT2D eigenvalue weighted by molar-refractivity contribution is -0.136. The number of carbonyl (C=O) groups is 1. The summed E-state index contributed by atoms with van der Waals surface area (Å²) in [6.45, 7) is 1.93. The van der Waals surface area contributed by atoms with Gasteiger partial charge in [-0.15, -0.1) is 11.3 Å². The second-order valence-corrected chi connectivity index (χ2v) is 5.07. The van der Waals surface area contributed by atoms with Crippen LogP contribution in [-0.2, 0) is 18.3 Å². The zero-order valence-electron chi connectivity index (χ0n) is 9.80. The minimum Gasteiger partial charge on any atom is -0.481 e. The minimum atomic E-state index is -0.765. The third-order valence-electron chi connectivity index (χ3n) is 2.54. The second-order valence-electron chi connectivity index (χ2n) is 3.99. The molecule has 0 spiro atoms. The van der Waals surface area contributed by atoms with Crippen molar-refractivity contribution in [2.24, 2.45) is 7.05 Å². The molecule has 0 aliphatic heterocycles. The van der Waals surface area contributed by atoms with Crippen LogP contribution in [0.4, 0.5) is 0 Å². The van der Waals surface area contributed by atoms with Crippen LogP contribution in [-0.4, -0.2) is 20.6 Å². The van der Waals surface area contributed by atoms with Gasteiger partial charge in [0, 0.05) is 29.9 Å². The normalized spacial score (nSPS) is 10.7. The molecular weight excluding hydrogens is 236 g/mol. The van der Waals surface area contributed by atoms with Gasteiger partial charge in [-0.05, 0) is 19.4 Å². The molecule has 0 saturated carbocycles. The highest BCUT2D eigenvalue weighted by atomic mass is 32.1. The number of carboxylic acid groups (broad SMARTS) is 1. The van der Waals surface area contributed by atoms with E-state index in [1.807, 2.05) is 37.0 Å². The van der Waals surface area contributed by atoms with E-state index in [0.717, 1.165) is 21.1 Å². The summed E-state index contributed by atoms with van der Waals surface area (Å²) in [6.07, 6.45) is 4.71. The Balaban J connectivity index is 2.21. The van der Waals surface area contributed by atoms with Crippen molar-refractivity contribution in [2.75, 3.05) is 0 Å². The summed E-state index contributed by atoms with van der Waals surface area (Å²) >= 11 is 1.58. The van der Waals surface area contributed by atoms with Gasteiger partial charge in [-0.25, -0.2) is 4.98 Å². The van der Waals surface area contributed by atoms with E-state index < -0.39 is 5.97 Å². The summed E-state index contributed by atoms with van der Waals surface area (Å²) in [4.78, 5) is 16.1. The van der Waals surface area contributed by atoms with E-state index in [0.29, 0.717) is 6.42 Å². The first kappa shape index (κ1) is 11.9. The zero-order chi connectivity index (χ0) is 12.4. The molecule has 2 aromatic heterocycles. The Bertz CT molecular complexity index is 542. The SMILES string of the molecule is Cc1nc(-c2ccn(C)c2)sc1CCC(=O)O. The van der Waals surface area contributed by atoms with Crippen LogP contribution >= 0.6 is 11.3 Å². The second kappa shape index (κ2) is 4.71. The molecule has 2 heterocycles. The van der Waals surface area contributed by atoms with E-state index in [4.69, 9.17) is 5.11 Å². The molecule has 0 amide bonds. The summed E-state index contributed by atoms with van der Waals surface area (Å²) in [5.74, 6) is -0.765. The highest BCUT2D eigenvalue weighted by Crippen LogP contribution is 2.28. The Labute approximate surface area is 104 Å². The van der Waals surface area contributed by atoms with Gasteiger partial charge in [0.25, 0.3) is 0 Å². The quantitative estimate of drug-likeness (QED) is 0.907. The topological polar surface area (TPSA) is 55.1 Å². The van der Waals surface area contributed by atoms with E-state index >= 15 is 0 Å². The summed E-state index contributed by atoms with van der Waals surface area (Å²) in [5, 5.41) is 9.64.